The van der Waals surface area contributed by atoms with Gasteiger partial charge in [-0.05, 0) is 29.7 Å². The van der Waals surface area contributed by atoms with Gasteiger partial charge in [0.15, 0.2) is 0 Å². The molecule has 0 amide bonds. The number of aromatic nitrogens is 2. The number of nitrogens with two attached hydrogens (primary N) is 1. The monoisotopic (exact) mass is 213 g/mol. The highest BCUT2D eigenvalue weighted by Crippen LogP contribution is 2.27. The van der Waals surface area contributed by atoms with E-state index in [1.165, 1.54) is 5.56 Å². The Hall–Kier alpha value is -1.90. The summed E-state index contributed by atoms with van der Waals surface area (Å²) in [6.07, 6.45) is 5.49. The fraction of sp³-hybridized carbons (Fsp3) is 0.231. The van der Waals surface area contributed by atoms with E-state index in [1.54, 1.807) is 6.20 Å². The van der Waals surface area contributed by atoms with Gasteiger partial charge >= 0.3 is 0 Å². The molecule has 3 nitrogen and oxygen atoms in total. The van der Waals surface area contributed by atoms with Gasteiger partial charge in [0.1, 0.15) is 5.82 Å². The fourth-order valence-corrected chi connectivity index (χ4v) is 1.71. The van der Waals surface area contributed by atoms with E-state index in [2.05, 4.69) is 29.9 Å². The number of rotatable bonds is 2. The molecule has 0 saturated carbocycles. The Balaban J connectivity index is 2.51. The van der Waals surface area contributed by atoms with Crippen LogP contribution in [0.2, 0.25) is 0 Å². The molecule has 82 valence electrons. The van der Waals surface area contributed by atoms with Crippen molar-refractivity contribution in [1.82, 2.24) is 9.97 Å². The lowest BCUT2D eigenvalue weighted by molar-refractivity contribution is 0.865. The molecule has 3 heteroatoms. The highest BCUT2D eigenvalue weighted by atomic mass is 14.8. The average molecular weight is 213 g/mol. The minimum atomic E-state index is 0.468. The van der Waals surface area contributed by atoms with Crippen molar-refractivity contribution < 1.29 is 0 Å². The van der Waals surface area contributed by atoms with E-state index in [9.17, 15) is 0 Å². The molecule has 0 fully saturated rings. The standard InChI is InChI=1S/C13H15N3/c1-9(2)11-5-6-15-8-12(11)10-3-4-13(14)16-7-10/h3-9H,1-2H3,(H2,14,16). The highest BCUT2D eigenvalue weighted by Gasteiger charge is 2.08. The molecular weight excluding hydrogens is 198 g/mol. The Bertz CT molecular complexity index is 475. The molecule has 0 bridgehead atoms. The van der Waals surface area contributed by atoms with Crippen molar-refractivity contribution in [1.29, 1.82) is 0 Å². The SMILES string of the molecule is CC(C)c1ccncc1-c1ccc(N)nc1. The molecular formula is C13H15N3. The fourth-order valence-electron chi connectivity index (χ4n) is 1.71. The van der Waals surface area contributed by atoms with Crippen molar-refractivity contribution in [2.24, 2.45) is 0 Å². The van der Waals surface area contributed by atoms with Crippen LogP contribution in [0.25, 0.3) is 11.1 Å². The summed E-state index contributed by atoms with van der Waals surface area (Å²) in [5.41, 5.74) is 9.05. The Morgan fingerprint density at radius 2 is 1.94 bits per heavy atom. The van der Waals surface area contributed by atoms with E-state index >= 15 is 0 Å². The van der Waals surface area contributed by atoms with Crippen LogP contribution < -0.4 is 5.73 Å². The van der Waals surface area contributed by atoms with Crippen LogP contribution in [0.4, 0.5) is 5.82 Å². The summed E-state index contributed by atoms with van der Waals surface area (Å²) in [5, 5.41) is 0. The first-order chi connectivity index (χ1) is 7.68. The van der Waals surface area contributed by atoms with Gasteiger partial charge in [0.05, 0.1) is 0 Å². The van der Waals surface area contributed by atoms with Crippen LogP contribution >= 0.6 is 0 Å². The second kappa shape index (κ2) is 4.31. The number of hydrogen-bond acceptors (Lipinski definition) is 3. The lowest BCUT2D eigenvalue weighted by atomic mass is 9.95. The zero-order chi connectivity index (χ0) is 11.5. The summed E-state index contributed by atoms with van der Waals surface area (Å²) in [5.74, 6) is 1.01. The predicted octanol–water partition coefficient (Wildman–Crippen LogP) is 2.85. The minimum absolute atomic E-state index is 0.468. The van der Waals surface area contributed by atoms with Crippen LogP contribution in [0.15, 0.2) is 36.8 Å². The summed E-state index contributed by atoms with van der Waals surface area (Å²) < 4.78 is 0. The predicted molar refractivity (Wildman–Crippen MR) is 66.0 cm³/mol. The summed E-state index contributed by atoms with van der Waals surface area (Å²) in [4.78, 5) is 8.27. The number of anilines is 1. The molecule has 0 saturated heterocycles. The quantitative estimate of drug-likeness (QED) is 0.834. The number of nitrogen functional groups attached to an aromatic ring is 1. The highest BCUT2D eigenvalue weighted by molar-refractivity contribution is 5.66. The van der Waals surface area contributed by atoms with Gasteiger partial charge in [0.2, 0.25) is 0 Å². The molecule has 0 aliphatic rings. The summed E-state index contributed by atoms with van der Waals surface area (Å²) in [6, 6.07) is 5.84. The molecule has 0 spiro atoms. The molecule has 2 rings (SSSR count). The third kappa shape index (κ3) is 2.03. The normalized spacial score (nSPS) is 10.7. The van der Waals surface area contributed by atoms with Gasteiger partial charge in [-0.2, -0.15) is 0 Å². The Morgan fingerprint density at radius 3 is 2.56 bits per heavy atom. The van der Waals surface area contributed by atoms with E-state index in [1.807, 2.05) is 24.5 Å². The molecule has 2 aromatic rings. The number of pyridine rings is 2. The molecule has 0 unspecified atom stereocenters. The van der Waals surface area contributed by atoms with Crippen LogP contribution in [-0.4, -0.2) is 9.97 Å². The van der Waals surface area contributed by atoms with Crippen LogP contribution in [-0.2, 0) is 0 Å². The Labute approximate surface area is 95.4 Å². The van der Waals surface area contributed by atoms with Crippen LogP contribution in [0.5, 0.6) is 0 Å². The zero-order valence-corrected chi connectivity index (χ0v) is 9.51. The molecule has 0 aromatic carbocycles. The Morgan fingerprint density at radius 1 is 1.12 bits per heavy atom. The van der Waals surface area contributed by atoms with E-state index < -0.39 is 0 Å². The summed E-state index contributed by atoms with van der Waals surface area (Å²) >= 11 is 0. The molecule has 2 aromatic heterocycles. The van der Waals surface area contributed by atoms with Crippen LogP contribution in [0.1, 0.15) is 25.3 Å². The van der Waals surface area contributed by atoms with Crippen molar-refractivity contribution in [3.8, 4) is 11.1 Å². The van der Waals surface area contributed by atoms with Gasteiger partial charge in [-0.25, -0.2) is 4.98 Å². The lowest BCUT2D eigenvalue weighted by Crippen LogP contribution is -1.95. The Kier molecular flexibility index (Phi) is 2.86. The maximum atomic E-state index is 5.58. The first kappa shape index (κ1) is 10.6. The molecule has 0 radical (unpaired) electrons. The number of hydrogen-bond donors (Lipinski definition) is 1. The van der Waals surface area contributed by atoms with Crippen LogP contribution in [0, 0.1) is 0 Å². The van der Waals surface area contributed by atoms with Gasteiger partial charge in [-0.3, -0.25) is 4.98 Å². The smallest absolute Gasteiger partial charge is 0.123 e. The zero-order valence-electron chi connectivity index (χ0n) is 9.51. The molecule has 0 aliphatic heterocycles. The van der Waals surface area contributed by atoms with E-state index in [4.69, 9.17) is 5.73 Å². The minimum Gasteiger partial charge on any atom is -0.384 e. The molecule has 2 N–H and O–H groups in total. The van der Waals surface area contributed by atoms with E-state index in [-0.39, 0.29) is 0 Å². The van der Waals surface area contributed by atoms with Gasteiger partial charge in [0, 0.05) is 29.7 Å². The van der Waals surface area contributed by atoms with E-state index in [0.29, 0.717) is 11.7 Å². The molecule has 16 heavy (non-hydrogen) atoms. The second-order valence-corrected chi connectivity index (χ2v) is 4.09. The molecule has 0 atom stereocenters. The number of nitrogens with zero attached hydrogens (tertiary/aromatic N) is 2. The van der Waals surface area contributed by atoms with Gasteiger partial charge in [-0.15, -0.1) is 0 Å². The van der Waals surface area contributed by atoms with Crippen molar-refractivity contribution in [3.63, 3.8) is 0 Å². The van der Waals surface area contributed by atoms with Gasteiger partial charge < -0.3 is 5.73 Å². The average Bonchev–Trinajstić information content (AvgIpc) is 2.30. The van der Waals surface area contributed by atoms with Crippen molar-refractivity contribution in [2.45, 2.75) is 19.8 Å². The first-order valence-corrected chi connectivity index (χ1v) is 5.34. The largest absolute Gasteiger partial charge is 0.384 e. The first-order valence-electron chi connectivity index (χ1n) is 5.34. The lowest BCUT2D eigenvalue weighted by Gasteiger charge is -2.11. The summed E-state index contributed by atoms with van der Waals surface area (Å²) in [7, 11) is 0. The molecule has 2 heterocycles. The van der Waals surface area contributed by atoms with E-state index in [0.717, 1.165) is 11.1 Å². The summed E-state index contributed by atoms with van der Waals surface area (Å²) in [6.45, 7) is 4.34. The third-order valence-corrected chi connectivity index (χ3v) is 2.57. The molecule has 0 aliphatic carbocycles. The van der Waals surface area contributed by atoms with Crippen LogP contribution in [0.3, 0.4) is 0 Å². The van der Waals surface area contributed by atoms with Crippen molar-refractivity contribution in [2.75, 3.05) is 5.73 Å². The van der Waals surface area contributed by atoms with Gasteiger partial charge in [-0.1, -0.05) is 13.8 Å². The van der Waals surface area contributed by atoms with Crippen molar-refractivity contribution in [3.05, 3.63) is 42.4 Å². The van der Waals surface area contributed by atoms with Gasteiger partial charge in [0.25, 0.3) is 0 Å². The topological polar surface area (TPSA) is 51.8 Å². The third-order valence-electron chi connectivity index (χ3n) is 2.57. The maximum absolute atomic E-state index is 5.58. The van der Waals surface area contributed by atoms with Crippen molar-refractivity contribution >= 4 is 5.82 Å². The maximum Gasteiger partial charge on any atom is 0.123 e. The second-order valence-electron chi connectivity index (χ2n) is 4.09.